The van der Waals surface area contributed by atoms with Crippen LogP contribution in [0.3, 0.4) is 0 Å². The summed E-state index contributed by atoms with van der Waals surface area (Å²) in [6.45, 7) is 7.72. The molecule has 33 heavy (non-hydrogen) atoms. The van der Waals surface area contributed by atoms with E-state index >= 15 is 0 Å². The normalized spacial score (nSPS) is 10.9. The smallest absolute Gasteiger partial charge is 0.359 e. The highest BCUT2D eigenvalue weighted by Gasteiger charge is 2.23. The standard InChI is InChI=1S/C25H23N3O4S/c1-5-32-25(31)21-19-13-33-23(26-22(29)17-9-6-14(2)7-10-17)20(19)24(30)28(27-21)18-11-8-15(3)16(4)12-18/h6-13H,5H2,1-4H3,(H,26,29). The zero-order valence-corrected chi connectivity index (χ0v) is 19.6. The minimum atomic E-state index is -0.630. The lowest BCUT2D eigenvalue weighted by atomic mass is 10.1. The van der Waals surface area contributed by atoms with E-state index < -0.39 is 11.5 Å². The highest BCUT2D eigenvalue weighted by molar-refractivity contribution is 7.16. The first kappa shape index (κ1) is 22.4. The number of amides is 1. The van der Waals surface area contributed by atoms with E-state index in [1.54, 1.807) is 30.5 Å². The number of benzene rings is 2. The van der Waals surface area contributed by atoms with Gasteiger partial charge in [-0.1, -0.05) is 23.8 Å². The molecule has 0 unspecified atom stereocenters. The second kappa shape index (κ2) is 8.99. The fourth-order valence-electron chi connectivity index (χ4n) is 3.40. The van der Waals surface area contributed by atoms with Crippen molar-refractivity contribution < 1.29 is 14.3 Å². The second-order valence-corrected chi connectivity index (χ2v) is 8.61. The first-order chi connectivity index (χ1) is 15.8. The number of aromatic nitrogens is 2. The van der Waals surface area contributed by atoms with E-state index in [0.717, 1.165) is 16.7 Å². The van der Waals surface area contributed by atoms with Gasteiger partial charge in [0, 0.05) is 16.3 Å². The highest BCUT2D eigenvalue weighted by Crippen LogP contribution is 2.31. The van der Waals surface area contributed by atoms with Crippen LogP contribution in [0.2, 0.25) is 0 Å². The van der Waals surface area contributed by atoms with Crippen molar-refractivity contribution in [3.05, 3.63) is 86.1 Å². The van der Waals surface area contributed by atoms with Gasteiger partial charge in [0.25, 0.3) is 11.5 Å². The van der Waals surface area contributed by atoms with Crippen LogP contribution >= 0.6 is 11.3 Å². The third kappa shape index (κ3) is 4.29. The van der Waals surface area contributed by atoms with Crippen molar-refractivity contribution in [2.24, 2.45) is 0 Å². The molecule has 4 aromatic rings. The number of fused-ring (bicyclic) bond motifs is 1. The van der Waals surface area contributed by atoms with Crippen LogP contribution in [-0.2, 0) is 4.74 Å². The predicted octanol–water partition coefficient (Wildman–Crippen LogP) is 4.80. The molecular weight excluding hydrogens is 438 g/mol. The van der Waals surface area contributed by atoms with Gasteiger partial charge in [0.2, 0.25) is 0 Å². The molecule has 1 N–H and O–H groups in total. The van der Waals surface area contributed by atoms with Gasteiger partial charge in [-0.15, -0.1) is 11.3 Å². The van der Waals surface area contributed by atoms with Gasteiger partial charge in [0.15, 0.2) is 5.69 Å². The Balaban J connectivity index is 1.89. The number of thiophene rings is 1. The molecule has 8 heteroatoms. The van der Waals surface area contributed by atoms with E-state index in [4.69, 9.17) is 4.74 Å². The lowest BCUT2D eigenvalue weighted by Crippen LogP contribution is -2.25. The van der Waals surface area contributed by atoms with Gasteiger partial charge in [-0.2, -0.15) is 9.78 Å². The monoisotopic (exact) mass is 461 g/mol. The largest absolute Gasteiger partial charge is 0.461 e. The minimum absolute atomic E-state index is 0.0248. The van der Waals surface area contributed by atoms with E-state index in [2.05, 4.69) is 10.4 Å². The van der Waals surface area contributed by atoms with E-state index in [-0.39, 0.29) is 23.6 Å². The molecule has 0 saturated heterocycles. The Labute approximate surface area is 194 Å². The van der Waals surface area contributed by atoms with E-state index in [1.807, 2.05) is 45.0 Å². The third-order valence-electron chi connectivity index (χ3n) is 5.40. The summed E-state index contributed by atoms with van der Waals surface area (Å²) in [5.74, 6) is -0.973. The van der Waals surface area contributed by atoms with Crippen LogP contribution < -0.4 is 10.9 Å². The molecule has 2 aromatic heterocycles. The fraction of sp³-hybridized carbons (Fsp3) is 0.200. The summed E-state index contributed by atoms with van der Waals surface area (Å²) in [4.78, 5) is 39.0. The number of nitrogens with one attached hydrogen (secondary N) is 1. The summed E-state index contributed by atoms with van der Waals surface area (Å²) in [6, 6.07) is 12.6. The fourth-order valence-corrected chi connectivity index (χ4v) is 4.34. The molecule has 4 rings (SSSR count). The third-order valence-corrected chi connectivity index (χ3v) is 6.29. The number of carbonyl (C=O) groups excluding carboxylic acids is 2. The first-order valence-electron chi connectivity index (χ1n) is 10.5. The molecule has 0 saturated carbocycles. The lowest BCUT2D eigenvalue weighted by Gasteiger charge is -2.11. The van der Waals surface area contributed by atoms with Crippen molar-refractivity contribution in [2.75, 3.05) is 11.9 Å². The Morgan fingerprint density at radius 3 is 2.45 bits per heavy atom. The maximum absolute atomic E-state index is 13.5. The van der Waals surface area contributed by atoms with Crippen LogP contribution in [0.15, 0.2) is 52.6 Å². The van der Waals surface area contributed by atoms with Crippen molar-refractivity contribution in [3.63, 3.8) is 0 Å². The number of rotatable bonds is 5. The SMILES string of the molecule is CCOC(=O)c1nn(-c2ccc(C)c(C)c2)c(=O)c2c(NC(=O)c3ccc(C)cc3)scc12. The average molecular weight is 462 g/mol. The van der Waals surface area contributed by atoms with Gasteiger partial charge in [-0.3, -0.25) is 9.59 Å². The molecule has 1 amide bonds. The number of esters is 1. The summed E-state index contributed by atoms with van der Waals surface area (Å²) in [7, 11) is 0. The van der Waals surface area contributed by atoms with E-state index in [0.29, 0.717) is 21.6 Å². The van der Waals surface area contributed by atoms with Gasteiger partial charge < -0.3 is 10.1 Å². The molecule has 0 radical (unpaired) electrons. The maximum Gasteiger partial charge on any atom is 0.359 e. The van der Waals surface area contributed by atoms with Crippen molar-refractivity contribution >= 4 is 39.0 Å². The maximum atomic E-state index is 13.5. The van der Waals surface area contributed by atoms with Crippen LogP contribution in [0.1, 0.15) is 44.5 Å². The van der Waals surface area contributed by atoms with Crippen molar-refractivity contribution in [3.8, 4) is 5.69 Å². The molecule has 0 spiro atoms. The van der Waals surface area contributed by atoms with Crippen molar-refractivity contribution in [2.45, 2.75) is 27.7 Å². The number of aryl methyl sites for hydroxylation is 3. The zero-order chi connectivity index (χ0) is 23.7. The number of nitrogens with zero attached hydrogens (tertiary/aromatic N) is 2. The number of carbonyl (C=O) groups is 2. The molecule has 0 aliphatic rings. The van der Waals surface area contributed by atoms with Gasteiger partial charge in [-0.25, -0.2) is 4.79 Å². The molecule has 0 aliphatic carbocycles. The molecule has 0 fully saturated rings. The molecule has 0 atom stereocenters. The average Bonchev–Trinajstić information content (AvgIpc) is 3.20. The number of anilines is 1. The van der Waals surface area contributed by atoms with Crippen molar-refractivity contribution in [1.82, 2.24) is 9.78 Å². The summed E-state index contributed by atoms with van der Waals surface area (Å²) in [6.07, 6.45) is 0. The summed E-state index contributed by atoms with van der Waals surface area (Å²) >= 11 is 1.17. The first-order valence-corrected chi connectivity index (χ1v) is 11.4. The van der Waals surface area contributed by atoms with Gasteiger partial charge in [0.05, 0.1) is 17.7 Å². The number of hydrogen-bond acceptors (Lipinski definition) is 6. The minimum Gasteiger partial charge on any atom is -0.461 e. The van der Waals surface area contributed by atoms with Crippen molar-refractivity contribution in [1.29, 1.82) is 0 Å². The number of ether oxygens (including phenoxy) is 1. The van der Waals surface area contributed by atoms with E-state index in [1.165, 1.54) is 16.0 Å². The molecule has 0 bridgehead atoms. The number of hydrogen-bond donors (Lipinski definition) is 1. The van der Waals surface area contributed by atoms with E-state index in [9.17, 15) is 14.4 Å². The van der Waals surface area contributed by atoms with Crippen LogP contribution in [0, 0.1) is 20.8 Å². The molecule has 2 heterocycles. The van der Waals surface area contributed by atoms with Gasteiger partial charge in [0.1, 0.15) is 5.00 Å². The molecule has 7 nitrogen and oxygen atoms in total. The zero-order valence-electron chi connectivity index (χ0n) is 18.8. The Kier molecular flexibility index (Phi) is 6.11. The predicted molar refractivity (Wildman–Crippen MR) is 130 cm³/mol. The summed E-state index contributed by atoms with van der Waals surface area (Å²) in [5.41, 5.74) is 3.68. The molecule has 2 aromatic carbocycles. The Bertz CT molecular complexity index is 1430. The summed E-state index contributed by atoms with van der Waals surface area (Å²) in [5, 5.41) is 9.74. The Morgan fingerprint density at radius 1 is 1.06 bits per heavy atom. The van der Waals surface area contributed by atoms with Gasteiger partial charge in [-0.05, 0) is 63.1 Å². The molecule has 0 aliphatic heterocycles. The topological polar surface area (TPSA) is 90.3 Å². The van der Waals surface area contributed by atoms with Crippen LogP contribution in [-0.4, -0.2) is 28.3 Å². The van der Waals surface area contributed by atoms with Crippen LogP contribution in [0.25, 0.3) is 16.5 Å². The lowest BCUT2D eigenvalue weighted by molar-refractivity contribution is 0.0520. The Morgan fingerprint density at radius 2 is 1.79 bits per heavy atom. The molecule has 168 valence electrons. The summed E-state index contributed by atoms with van der Waals surface area (Å²) < 4.78 is 6.37. The second-order valence-electron chi connectivity index (χ2n) is 7.73. The quantitative estimate of drug-likeness (QED) is 0.431. The molecular formula is C25H23N3O4S. The van der Waals surface area contributed by atoms with Crippen LogP contribution in [0.5, 0.6) is 0 Å². The van der Waals surface area contributed by atoms with Gasteiger partial charge >= 0.3 is 5.97 Å². The highest BCUT2D eigenvalue weighted by atomic mass is 32.1. The van der Waals surface area contributed by atoms with Crippen LogP contribution in [0.4, 0.5) is 5.00 Å². The Hall–Kier alpha value is -3.78.